The third kappa shape index (κ3) is 6.70. The second-order valence-corrected chi connectivity index (χ2v) is 13.9. The number of nitrogens with one attached hydrogen (secondary N) is 1. The van der Waals surface area contributed by atoms with Crippen LogP contribution in [0.15, 0.2) is 114 Å². The molecular weight excluding hydrogens is 532 g/mol. The highest BCUT2D eigenvalue weighted by molar-refractivity contribution is 6.19. The van der Waals surface area contributed by atoms with E-state index in [1.165, 1.54) is 27.8 Å². The lowest BCUT2D eigenvalue weighted by atomic mass is 9.85. The molecule has 1 aliphatic rings. The van der Waals surface area contributed by atoms with Gasteiger partial charge in [-0.2, -0.15) is 0 Å². The van der Waals surface area contributed by atoms with Crippen molar-refractivity contribution in [1.82, 2.24) is 4.98 Å². The van der Waals surface area contributed by atoms with Crippen molar-refractivity contribution in [2.24, 2.45) is 4.99 Å². The Morgan fingerprint density at radius 2 is 1.25 bits per heavy atom. The van der Waals surface area contributed by atoms with E-state index >= 15 is 0 Å². The zero-order valence-corrected chi connectivity index (χ0v) is 27.8. The minimum absolute atomic E-state index is 0.0957. The number of H-pyrrole nitrogens is 1. The first kappa shape index (κ1) is 31.0. The first-order chi connectivity index (χ1) is 20.8. The Balaban J connectivity index is 1.67. The lowest BCUT2D eigenvalue weighted by Gasteiger charge is -2.19. The second kappa shape index (κ2) is 12.3. The van der Waals surface area contributed by atoms with Crippen molar-refractivity contribution in [3.63, 3.8) is 0 Å². The Bertz CT molecular complexity index is 1780. The summed E-state index contributed by atoms with van der Waals surface area (Å²) in [7, 11) is 0. The van der Waals surface area contributed by atoms with E-state index in [-0.39, 0.29) is 10.8 Å². The molecule has 0 saturated heterocycles. The Morgan fingerprint density at radius 1 is 0.705 bits per heavy atom. The fourth-order valence-corrected chi connectivity index (χ4v) is 5.55. The van der Waals surface area contributed by atoms with E-state index in [2.05, 4.69) is 170 Å². The fraction of sp³-hybridized carbons (Fsp3) is 0.262. The molecule has 2 heterocycles. The van der Waals surface area contributed by atoms with Crippen LogP contribution in [0, 0.1) is 6.92 Å². The van der Waals surface area contributed by atoms with Crippen LogP contribution in [0.25, 0.3) is 28.5 Å². The Hall–Kier alpha value is -4.43. The van der Waals surface area contributed by atoms with Crippen LogP contribution in [0.5, 0.6) is 0 Å². The number of allylic oxidation sites excluding steroid dienone is 6. The quantitative estimate of drug-likeness (QED) is 0.220. The number of nitrogens with zero attached hydrogens (tertiary/aromatic N) is 1. The van der Waals surface area contributed by atoms with Crippen molar-refractivity contribution in [1.29, 1.82) is 0 Å². The number of aliphatic imine (C=N–C) groups is 1. The zero-order chi connectivity index (χ0) is 31.6. The van der Waals surface area contributed by atoms with Gasteiger partial charge in [0, 0.05) is 22.4 Å². The highest BCUT2D eigenvalue weighted by atomic mass is 14.8. The summed E-state index contributed by atoms with van der Waals surface area (Å²) in [5.41, 5.74) is 15.2. The largest absolute Gasteiger partial charge is 0.354 e. The maximum Gasteiger partial charge on any atom is 0.0766 e. The number of aryl methyl sites for hydroxylation is 1. The summed E-state index contributed by atoms with van der Waals surface area (Å²) in [5.74, 6) is 0. The number of benzene rings is 3. The van der Waals surface area contributed by atoms with Gasteiger partial charge in [-0.1, -0.05) is 144 Å². The van der Waals surface area contributed by atoms with E-state index in [4.69, 9.17) is 4.99 Å². The molecule has 44 heavy (non-hydrogen) atoms. The van der Waals surface area contributed by atoms with E-state index in [1.54, 1.807) is 0 Å². The molecule has 0 aliphatic carbocycles. The summed E-state index contributed by atoms with van der Waals surface area (Å²) in [6.45, 7) is 19.9. The normalized spacial score (nSPS) is 15.3. The number of hydrogen-bond donors (Lipinski definition) is 1. The molecule has 5 rings (SSSR count). The van der Waals surface area contributed by atoms with Crippen LogP contribution < -0.4 is 0 Å². The number of aromatic nitrogens is 1. The lowest BCUT2D eigenvalue weighted by molar-refractivity contribution is 0.590. The number of rotatable bonds is 6. The molecule has 0 fully saturated rings. The van der Waals surface area contributed by atoms with Crippen molar-refractivity contribution in [3.05, 3.63) is 148 Å². The summed E-state index contributed by atoms with van der Waals surface area (Å²) in [4.78, 5) is 9.10. The van der Waals surface area contributed by atoms with Crippen LogP contribution in [-0.2, 0) is 10.8 Å². The summed E-state index contributed by atoms with van der Waals surface area (Å²) in [6.07, 6.45) is 10.7. The van der Waals surface area contributed by atoms with Gasteiger partial charge in [0.15, 0.2) is 0 Å². The van der Waals surface area contributed by atoms with Crippen LogP contribution >= 0.6 is 0 Å². The van der Waals surface area contributed by atoms with Gasteiger partial charge in [-0.15, -0.1) is 0 Å². The maximum absolute atomic E-state index is 5.33. The standard InChI is InChI=1S/C42H46N2/c1-10-11-12-13-33-26-37(31-16-14-28(2)15-17-31)43-39(33)29(3)40-36(30-18-22-34(23-19-30)41(4,5)6)27-38(44-40)32-20-24-35(25-21-32)42(7,8)9/h10-27,43H,1-9H3/b11-10-,13-12-,40-29?. The monoisotopic (exact) mass is 578 g/mol. The lowest BCUT2D eigenvalue weighted by Crippen LogP contribution is -2.11. The minimum atomic E-state index is 0.0957. The molecule has 1 aromatic heterocycles. The van der Waals surface area contributed by atoms with Gasteiger partial charge in [-0.25, -0.2) is 4.99 Å². The van der Waals surface area contributed by atoms with Gasteiger partial charge in [0.2, 0.25) is 0 Å². The highest BCUT2D eigenvalue weighted by Crippen LogP contribution is 2.39. The molecule has 2 heteroatoms. The highest BCUT2D eigenvalue weighted by Gasteiger charge is 2.24. The topological polar surface area (TPSA) is 28.1 Å². The van der Waals surface area contributed by atoms with Crippen LogP contribution in [-0.4, -0.2) is 10.7 Å². The Kier molecular flexibility index (Phi) is 8.66. The van der Waals surface area contributed by atoms with E-state index in [1.807, 2.05) is 6.92 Å². The first-order valence-electron chi connectivity index (χ1n) is 15.7. The van der Waals surface area contributed by atoms with Crippen molar-refractivity contribution in [2.75, 3.05) is 0 Å². The molecule has 0 bridgehead atoms. The Labute approximate surface area is 264 Å². The van der Waals surface area contributed by atoms with E-state index < -0.39 is 0 Å². The number of hydrogen-bond acceptors (Lipinski definition) is 1. The summed E-state index contributed by atoms with van der Waals surface area (Å²) in [6, 6.07) is 28.9. The second-order valence-electron chi connectivity index (χ2n) is 13.9. The maximum atomic E-state index is 5.33. The molecule has 224 valence electrons. The van der Waals surface area contributed by atoms with Gasteiger partial charge < -0.3 is 4.98 Å². The summed E-state index contributed by atoms with van der Waals surface area (Å²) in [5, 5.41) is 0. The zero-order valence-electron chi connectivity index (χ0n) is 27.8. The van der Waals surface area contributed by atoms with Gasteiger partial charge in [0.05, 0.1) is 17.1 Å². The first-order valence-corrected chi connectivity index (χ1v) is 15.7. The average molecular weight is 579 g/mol. The average Bonchev–Trinajstić information content (AvgIpc) is 3.62. The molecule has 2 nitrogen and oxygen atoms in total. The van der Waals surface area contributed by atoms with Crippen molar-refractivity contribution in [3.8, 4) is 11.3 Å². The molecule has 3 aromatic carbocycles. The van der Waals surface area contributed by atoms with E-state index in [9.17, 15) is 0 Å². The predicted molar refractivity (Wildman–Crippen MR) is 192 cm³/mol. The molecule has 1 aliphatic heterocycles. The molecule has 0 saturated carbocycles. The van der Waals surface area contributed by atoms with Crippen LogP contribution in [0.3, 0.4) is 0 Å². The molecule has 0 amide bonds. The van der Waals surface area contributed by atoms with E-state index in [0.29, 0.717) is 0 Å². The summed E-state index contributed by atoms with van der Waals surface area (Å²) < 4.78 is 0. The molecule has 0 spiro atoms. The molecule has 0 radical (unpaired) electrons. The van der Waals surface area contributed by atoms with Gasteiger partial charge in [-0.05, 0) is 71.6 Å². The van der Waals surface area contributed by atoms with Crippen molar-refractivity contribution >= 4 is 22.9 Å². The minimum Gasteiger partial charge on any atom is -0.354 e. The van der Waals surface area contributed by atoms with Gasteiger partial charge in [0.25, 0.3) is 0 Å². The van der Waals surface area contributed by atoms with Gasteiger partial charge in [-0.3, -0.25) is 0 Å². The fourth-order valence-electron chi connectivity index (χ4n) is 5.55. The van der Waals surface area contributed by atoms with Crippen molar-refractivity contribution in [2.45, 2.75) is 73.1 Å². The van der Waals surface area contributed by atoms with Crippen molar-refractivity contribution < 1.29 is 0 Å². The molecule has 0 atom stereocenters. The van der Waals surface area contributed by atoms with Crippen LogP contribution in [0.4, 0.5) is 0 Å². The van der Waals surface area contributed by atoms with Crippen LogP contribution in [0.1, 0.15) is 94.5 Å². The smallest absolute Gasteiger partial charge is 0.0766 e. The molecule has 4 aromatic rings. The van der Waals surface area contributed by atoms with Gasteiger partial charge >= 0.3 is 0 Å². The number of aromatic amines is 1. The third-order valence-corrected chi connectivity index (χ3v) is 8.40. The van der Waals surface area contributed by atoms with Crippen LogP contribution in [0.2, 0.25) is 0 Å². The predicted octanol–water partition coefficient (Wildman–Crippen LogP) is 11.5. The SMILES string of the molecule is C/C=C\C=C/c1cc(-c2ccc(C)cc2)[nH]c1C(C)=C1N=C(c2ccc(C(C)(C)C)cc2)C=C1c1ccc(C(C)(C)C)cc1. The molecule has 0 unspecified atom stereocenters. The Morgan fingerprint density at radius 3 is 1.80 bits per heavy atom. The molecular formula is C42H46N2. The van der Waals surface area contributed by atoms with Gasteiger partial charge in [0.1, 0.15) is 0 Å². The third-order valence-electron chi connectivity index (χ3n) is 8.40. The summed E-state index contributed by atoms with van der Waals surface area (Å²) >= 11 is 0. The van der Waals surface area contributed by atoms with E-state index in [0.717, 1.165) is 45.1 Å². The molecule has 1 N–H and O–H groups in total.